The SMILES string of the molecule is CSC1CCCC(N2CC(=O)NCC2=O)C1. The van der Waals surface area contributed by atoms with Gasteiger partial charge < -0.3 is 10.2 Å². The first-order chi connectivity index (χ1) is 7.70. The van der Waals surface area contributed by atoms with Gasteiger partial charge in [-0.3, -0.25) is 9.59 Å². The van der Waals surface area contributed by atoms with Crippen molar-refractivity contribution in [3.05, 3.63) is 0 Å². The van der Waals surface area contributed by atoms with Crippen LogP contribution in [0.15, 0.2) is 0 Å². The molecule has 1 aliphatic carbocycles. The molecule has 0 aromatic carbocycles. The molecule has 2 fully saturated rings. The zero-order valence-corrected chi connectivity index (χ0v) is 10.4. The molecule has 1 heterocycles. The van der Waals surface area contributed by atoms with Crippen LogP contribution in [0.1, 0.15) is 25.7 Å². The molecule has 0 spiro atoms. The lowest BCUT2D eigenvalue weighted by molar-refractivity contribution is -0.143. The molecule has 0 bridgehead atoms. The topological polar surface area (TPSA) is 49.4 Å². The van der Waals surface area contributed by atoms with E-state index in [0.717, 1.165) is 12.8 Å². The molecule has 4 nitrogen and oxygen atoms in total. The van der Waals surface area contributed by atoms with Crippen molar-refractivity contribution >= 4 is 23.6 Å². The molecule has 2 amide bonds. The van der Waals surface area contributed by atoms with Gasteiger partial charge in [-0.25, -0.2) is 0 Å². The molecule has 0 aromatic heterocycles. The second-order valence-corrected chi connectivity index (χ2v) is 5.61. The zero-order chi connectivity index (χ0) is 11.5. The molecule has 16 heavy (non-hydrogen) atoms. The molecule has 1 saturated carbocycles. The second kappa shape index (κ2) is 5.08. The third-order valence-corrected chi connectivity index (χ3v) is 4.54. The fourth-order valence-corrected chi connectivity index (χ4v) is 3.34. The molecule has 5 heteroatoms. The molecule has 90 valence electrons. The van der Waals surface area contributed by atoms with Gasteiger partial charge in [-0.05, 0) is 25.5 Å². The Morgan fingerprint density at radius 2 is 2.19 bits per heavy atom. The van der Waals surface area contributed by atoms with E-state index in [1.807, 2.05) is 11.8 Å². The van der Waals surface area contributed by atoms with Crippen molar-refractivity contribution in [2.45, 2.75) is 37.0 Å². The van der Waals surface area contributed by atoms with Crippen molar-refractivity contribution < 1.29 is 9.59 Å². The molecule has 2 aliphatic rings. The number of carbonyl (C=O) groups excluding carboxylic acids is 2. The predicted molar refractivity (Wildman–Crippen MR) is 64.3 cm³/mol. The summed E-state index contributed by atoms with van der Waals surface area (Å²) in [4.78, 5) is 24.8. The van der Waals surface area contributed by atoms with Crippen molar-refractivity contribution in [3.63, 3.8) is 0 Å². The fraction of sp³-hybridized carbons (Fsp3) is 0.818. The number of nitrogens with zero attached hydrogens (tertiary/aromatic N) is 1. The summed E-state index contributed by atoms with van der Waals surface area (Å²) in [7, 11) is 0. The molecule has 0 aromatic rings. The van der Waals surface area contributed by atoms with Crippen LogP contribution >= 0.6 is 11.8 Å². The summed E-state index contributed by atoms with van der Waals surface area (Å²) in [5, 5.41) is 3.24. The van der Waals surface area contributed by atoms with Crippen molar-refractivity contribution in [2.24, 2.45) is 0 Å². The van der Waals surface area contributed by atoms with Gasteiger partial charge in [0.15, 0.2) is 0 Å². The van der Waals surface area contributed by atoms with Crippen molar-refractivity contribution in [2.75, 3.05) is 19.3 Å². The third kappa shape index (κ3) is 2.51. The van der Waals surface area contributed by atoms with Gasteiger partial charge >= 0.3 is 0 Å². The number of amides is 2. The summed E-state index contributed by atoms with van der Waals surface area (Å²) in [6.45, 7) is 0.434. The Balaban J connectivity index is 1.99. The van der Waals surface area contributed by atoms with Crippen LogP contribution in [0.4, 0.5) is 0 Å². The third-order valence-electron chi connectivity index (χ3n) is 3.44. The number of hydrogen-bond donors (Lipinski definition) is 1. The smallest absolute Gasteiger partial charge is 0.242 e. The number of rotatable bonds is 2. The van der Waals surface area contributed by atoms with E-state index < -0.39 is 0 Å². The van der Waals surface area contributed by atoms with Gasteiger partial charge in [0.2, 0.25) is 11.8 Å². The highest BCUT2D eigenvalue weighted by Crippen LogP contribution is 2.30. The van der Waals surface area contributed by atoms with E-state index >= 15 is 0 Å². The quantitative estimate of drug-likeness (QED) is 0.772. The first-order valence-corrected chi connectivity index (χ1v) is 7.08. The maximum Gasteiger partial charge on any atom is 0.242 e. The highest BCUT2D eigenvalue weighted by molar-refractivity contribution is 7.99. The van der Waals surface area contributed by atoms with Crippen LogP contribution in [0.5, 0.6) is 0 Å². The Labute approximate surface area is 100 Å². The monoisotopic (exact) mass is 242 g/mol. The molecule has 2 rings (SSSR count). The van der Waals surface area contributed by atoms with Gasteiger partial charge in [-0.2, -0.15) is 11.8 Å². The first kappa shape index (κ1) is 11.8. The maximum absolute atomic E-state index is 11.7. The summed E-state index contributed by atoms with van der Waals surface area (Å²) in [6.07, 6.45) is 6.63. The van der Waals surface area contributed by atoms with Gasteiger partial charge in [-0.1, -0.05) is 6.42 Å². The van der Waals surface area contributed by atoms with Crippen LogP contribution in [0, 0.1) is 0 Å². The van der Waals surface area contributed by atoms with Gasteiger partial charge in [0.25, 0.3) is 0 Å². The van der Waals surface area contributed by atoms with Crippen molar-refractivity contribution in [1.82, 2.24) is 10.2 Å². The molecule has 1 saturated heterocycles. The minimum Gasteiger partial charge on any atom is -0.345 e. The van der Waals surface area contributed by atoms with E-state index in [1.54, 1.807) is 4.90 Å². The Morgan fingerprint density at radius 1 is 1.38 bits per heavy atom. The molecular formula is C11H18N2O2S. The molecule has 1 N–H and O–H groups in total. The van der Waals surface area contributed by atoms with Crippen LogP contribution in [0.25, 0.3) is 0 Å². The molecule has 2 atom stereocenters. The lowest BCUT2D eigenvalue weighted by Gasteiger charge is -2.38. The number of nitrogens with one attached hydrogen (secondary N) is 1. The summed E-state index contributed by atoms with van der Waals surface area (Å²) >= 11 is 1.88. The summed E-state index contributed by atoms with van der Waals surface area (Å²) in [5.41, 5.74) is 0. The van der Waals surface area contributed by atoms with Crippen LogP contribution in [0.2, 0.25) is 0 Å². The van der Waals surface area contributed by atoms with E-state index in [0.29, 0.717) is 5.25 Å². The normalized spacial score (nSPS) is 31.4. The Bertz CT molecular complexity index is 296. The molecule has 2 unspecified atom stereocenters. The highest BCUT2D eigenvalue weighted by Gasteiger charge is 2.32. The lowest BCUT2D eigenvalue weighted by Crippen LogP contribution is -2.56. The molecule has 1 aliphatic heterocycles. The van der Waals surface area contributed by atoms with Crippen LogP contribution in [-0.2, 0) is 9.59 Å². The summed E-state index contributed by atoms with van der Waals surface area (Å²) in [5.74, 6) is 0.0530. The van der Waals surface area contributed by atoms with E-state index in [2.05, 4.69) is 11.6 Å². The predicted octanol–water partition coefficient (Wildman–Crippen LogP) is 0.619. The van der Waals surface area contributed by atoms with Crippen LogP contribution in [-0.4, -0.2) is 47.4 Å². The Kier molecular flexibility index (Phi) is 3.74. The molecular weight excluding hydrogens is 224 g/mol. The minimum atomic E-state index is -0.0223. The van der Waals surface area contributed by atoms with Gasteiger partial charge in [0.1, 0.15) is 0 Å². The Hall–Kier alpha value is -0.710. The van der Waals surface area contributed by atoms with E-state index in [1.165, 1.54) is 12.8 Å². The van der Waals surface area contributed by atoms with Gasteiger partial charge in [-0.15, -0.1) is 0 Å². The van der Waals surface area contributed by atoms with E-state index in [4.69, 9.17) is 0 Å². The van der Waals surface area contributed by atoms with Gasteiger partial charge in [0, 0.05) is 11.3 Å². The number of hydrogen-bond acceptors (Lipinski definition) is 3. The lowest BCUT2D eigenvalue weighted by atomic mass is 9.93. The molecule has 0 radical (unpaired) electrons. The highest BCUT2D eigenvalue weighted by atomic mass is 32.2. The number of piperazine rings is 1. The Morgan fingerprint density at radius 3 is 2.94 bits per heavy atom. The summed E-state index contributed by atoms with van der Waals surface area (Å²) in [6, 6.07) is 0.282. The summed E-state index contributed by atoms with van der Waals surface area (Å²) < 4.78 is 0. The average molecular weight is 242 g/mol. The number of thioether (sulfide) groups is 1. The largest absolute Gasteiger partial charge is 0.345 e. The van der Waals surface area contributed by atoms with Crippen molar-refractivity contribution in [1.29, 1.82) is 0 Å². The second-order valence-electron chi connectivity index (χ2n) is 4.48. The first-order valence-electron chi connectivity index (χ1n) is 5.79. The standard InChI is InChI=1S/C11H18N2O2S/c1-16-9-4-2-3-8(5-9)13-7-10(14)12-6-11(13)15/h8-9H,2-7H2,1H3,(H,12,14). The fourth-order valence-electron chi connectivity index (χ4n) is 2.52. The average Bonchev–Trinajstić information content (AvgIpc) is 2.32. The van der Waals surface area contributed by atoms with Gasteiger partial charge in [0.05, 0.1) is 13.1 Å². The van der Waals surface area contributed by atoms with Crippen LogP contribution < -0.4 is 5.32 Å². The van der Waals surface area contributed by atoms with E-state index in [9.17, 15) is 9.59 Å². The minimum absolute atomic E-state index is 0.0223. The van der Waals surface area contributed by atoms with E-state index in [-0.39, 0.29) is 30.9 Å². The maximum atomic E-state index is 11.7. The number of carbonyl (C=O) groups is 2. The zero-order valence-electron chi connectivity index (χ0n) is 9.57. The van der Waals surface area contributed by atoms with Crippen LogP contribution in [0.3, 0.4) is 0 Å². The van der Waals surface area contributed by atoms with Crippen molar-refractivity contribution in [3.8, 4) is 0 Å².